The Hall–Kier alpha value is -0.960. The van der Waals surface area contributed by atoms with Crippen molar-refractivity contribution in [1.29, 1.82) is 0 Å². The molecule has 0 amide bonds. The van der Waals surface area contributed by atoms with Gasteiger partial charge in [0.2, 0.25) is 0 Å². The third kappa shape index (κ3) is 3.42. The Balaban J connectivity index is 2.49. The summed E-state index contributed by atoms with van der Waals surface area (Å²) in [6.07, 6.45) is 0. The SMILES string of the molecule is CONC(C)[P+](=O)Oc1ccccc1. The highest BCUT2D eigenvalue weighted by atomic mass is 31.1. The first-order valence-electron chi connectivity index (χ1n) is 4.22. The van der Waals surface area contributed by atoms with E-state index in [9.17, 15) is 4.57 Å². The van der Waals surface area contributed by atoms with Crippen LogP contribution in [0.3, 0.4) is 0 Å². The van der Waals surface area contributed by atoms with Crippen LogP contribution in [-0.2, 0) is 9.40 Å². The van der Waals surface area contributed by atoms with E-state index in [1.165, 1.54) is 7.11 Å². The van der Waals surface area contributed by atoms with Crippen LogP contribution in [0.5, 0.6) is 5.75 Å². The van der Waals surface area contributed by atoms with Gasteiger partial charge in [-0.3, -0.25) is 4.52 Å². The molecule has 2 atom stereocenters. The molecule has 0 aromatic heterocycles. The van der Waals surface area contributed by atoms with E-state index < -0.39 is 8.03 Å². The molecule has 2 unspecified atom stereocenters. The molecule has 0 aliphatic carbocycles. The predicted octanol–water partition coefficient (Wildman–Crippen LogP) is 2.30. The molecule has 0 radical (unpaired) electrons. The molecule has 0 heterocycles. The van der Waals surface area contributed by atoms with Crippen LogP contribution in [0.4, 0.5) is 0 Å². The maximum Gasteiger partial charge on any atom is 0.577 e. The first kappa shape index (κ1) is 11.1. The van der Waals surface area contributed by atoms with Gasteiger partial charge in [0.15, 0.2) is 5.75 Å². The molecule has 1 aromatic carbocycles. The van der Waals surface area contributed by atoms with Crippen LogP contribution < -0.4 is 10.0 Å². The number of para-hydroxylation sites is 1. The molecule has 0 saturated carbocycles. The van der Waals surface area contributed by atoms with Gasteiger partial charge in [-0.1, -0.05) is 18.2 Å². The summed E-state index contributed by atoms with van der Waals surface area (Å²) in [6.45, 7) is 1.73. The zero-order valence-electron chi connectivity index (χ0n) is 8.14. The molecule has 1 rings (SSSR count). The monoisotopic (exact) mass is 214 g/mol. The molecule has 76 valence electrons. The van der Waals surface area contributed by atoms with E-state index in [1.54, 1.807) is 19.1 Å². The molecule has 0 spiro atoms. The van der Waals surface area contributed by atoms with Crippen molar-refractivity contribution in [2.24, 2.45) is 0 Å². The molecule has 1 N–H and O–H groups in total. The number of hydrogen-bond acceptors (Lipinski definition) is 4. The molecule has 5 heteroatoms. The maximum atomic E-state index is 11.5. The van der Waals surface area contributed by atoms with Crippen LogP contribution in [0.25, 0.3) is 0 Å². The van der Waals surface area contributed by atoms with Crippen LogP contribution in [0.1, 0.15) is 6.92 Å². The lowest BCUT2D eigenvalue weighted by molar-refractivity contribution is 0.0841. The summed E-state index contributed by atoms with van der Waals surface area (Å²) in [7, 11) is -0.336. The Labute approximate surface area is 84.0 Å². The minimum absolute atomic E-state index is 0.338. The standard InChI is InChI=1S/C9H13NO3P/c1-8(10-12-2)14(11)13-9-6-4-3-5-7-9/h3-8,10H,1-2H3/q+1. The lowest BCUT2D eigenvalue weighted by Gasteiger charge is -2.00. The van der Waals surface area contributed by atoms with Crippen LogP contribution >= 0.6 is 8.03 Å². The van der Waals surface area contributed by atoms with Crippen molar-refractivity contribution < 1.29 is 13.9 Å². The van der Waals surface area contributed by atoms with Crippen molar-refractivity contribution in [2.75, 3.05) is 7.11 Å². The number of hydroxylamine groups is 1. The zero-order valence-corrected chi connectivity index (χ0v) is 9.03. The summed E-state index contributed by atoms with van der Waals surface area (Å²) >= 11 is 0. The highest BCUT2D eigenvalue weighted by Crippen LogP contribution is 2.29. The highest BCUT2D eigenvalue weighted by molar-refractivity contribution is 7.40. The largest absolute Gasteiger partial charge is 0.577 e. The molecule has 0 aliphatic heterocycles. The molecule has 14 heavy (non-hydrogen) atoms. The zero-order chi connectivity index (χ0) is 10.4. The van der Waals surface area contributed by atoms with Gasteiger partial charge < -0.3 is 4.84 Å². The molecule has 0 saturated heterocycles. The smallest absolute Gasteiger partial charge is 0.301 e. The molecule has 0 bridgehead atoms. The maximum absolute atomic E-state index is 11.5. The average Bonchev–Trinajstić information content (AvgIpc) is 2.19. The van der Waals surface area contributed by atoms with Gasteiger partial charge in [-0.05, 0) is 16.7 Å². The summed E-state index contributed by atoms with van der Waals surface area (Å²) in [5, 5.41) is 0. The normalized spacial score (nSPS) is 13.4. The highest BCUT2D eigenvalue weighted by Gasteiger charge is 2.29. The van der Waals surface area contributed by atoms with E-state index in [1.807, 2.05) is 18.2 Å². The Morgan fingerprint density at radius 2 is 2.00 bits per heavy atom. The fraction of sp³-hybridized carbons (Fsp3) is 0.333. The quantitative estimate of drug-likeness (QED) is 0.603. The van der Waals surface area contributed by atoms with Gasteiger partial charge in [-0.2, -0.15) is 5.48 Å². The topological polar surface area (TPSA) is 47.6 Å². The van der Waals surface area contributed by atoms with Crippen LogP contribution in [0.15, 0.2) is 30.3 Å². The Morgan fingerprint density at radius 1 is 1.36 bits per heavy atom. The first-order chi connectivity index (χ1) is 6.74. The summed E-state index contributed by atoms with van der Waals surface area (Å²) < 4.78 is 16.7. The summed E-state index contributed by atoms with van der Waals surface area (Å²) in [4.78, 5) is 4.65. The van der Waals surface area contributed by atoms with Gasteiger partial charge in [-0.25, -0.2) is 0 Å². The lowest BCUT2D eigenvalue weighted by Crippen LogP contribution is -2.22. The van der Waals surface area contributed by atoms with Crippen molar-refractivity contribution in [1.82, 2.24) is 5.48 Å². The number of benzene rings is 1. The van der Waals surface area contributed by atoms with E-state index in [2.05, 4.69) is 10.3 Å². The minimum Gasteiger partial charge on any atom is -0.301 e. The summed E-state index contributed by atoms with van der Waals surface area (Å²) in [6, 6.07) is 9.04. The predicted molar refractivity (Wildman–Crippen MR) is 54.3 cm³/mol. The second-order valence-electron chi connectivity index (χ2n) is 2.69. The summed E-state index contributed by atoms with van der Waals surface area (Å²) in [5.74, 6) is 0.258. The Kier molecular flexibility index (Phi) is 4.53. The van der Waals surface area contributed by atoms with Gasteiger partial charge >= 0.3 is 8.03 Å². The molecule has 0 aliphatic rings. The second-order valence-corrected chi connectivity index (χ2v) is 4.22. The number of rotatable bonds is 5. The minimum atomic E-state index is -1.81. The van der Waals surface area contributed by atoms with E-state index in [4.69, 9.17) is 4.52 Å². The number of nitrogens with one attached hydrogen (secondary N) is 1. The molecule has 0 fully saturated rings. The Morgan fingerprint density at radius 3 is 2.57 bits per heavy atom. The van der Waals surface area contributed by atoms with Gasteiger partial charge in [-0.15, -0.1) is 0 Å². The van der Waals surface area contributed by atoms with E-state index in [0.717, 1.165) is 0 Å². The van der Waals surface area contributed by atoms with E-state index in [-0.39, 0.29) is 5.78 Å². The fourth-order valence-electron chi connectivity index (χ4n) is 0.878. The van der Waals surface area contributed by atoms with Gasteiger partial charge in [0.25, 0.3) is 5.78 Å². The van der Waals surface area contributed by atoms with Gasteiger partial charge in [0.1, 0.15) is 0 Å². The average molecular weight is 214 g/mol. The lowest BCUT2D eigenvalue weighted by atomic mass is 10.3. The number of hydrogen-bond donors (Lipinski definition) is 1. The third-order valence-electron chi connectivity index (χ3n) is 1.54. The van der Waals surface area contributed by atoms with E-state index >= 15 is 0 Å². The third-order valence-corrected chi connectivity index (χ3v) is 2.67. The molecular formula is C9H13NO3P+. The summed E-state index contributed by atoms with van der Waals surface area (Å²) in [5.41, 5.74) is 2.56. The van der Waals surface area contributed by atoms with Crippen molar-refractivity contribution in [2.45, 2.75) is 12.7 Å². The van der Waals surface area contributed by atoms with Crippen molar-refractivity contribution >= 4 is 8.03 Å². The van der Waals surface area contributed by atoms with Gasteiger partial charge in [0, 0.05) is 6.92 Å². The Bertz CT molecular complexity index is 291. The van der Waals surface area contributed by atoms with Crippen molar-refractivity contribution in [3.8, 4) is 5.75 Å². The first-order valence-corrected chi connectivity index (χ1v) is 5.46. The second kappa shape index (κ2) is 5.70. The van der Waals surface area contributed by atoms with Gasteiger partial charge in [0.05, 0.1) is 7.11 Å². The fourth-order valence-corrected chi connectivity index (χ4v) is 1.56. The van der Waals surface area contributed by atoms with Crippen LogP contribution in [-0.4, -0.2) is 12.9 Å². The van der Waals surface area contributed by atoms with E-state index in [0.29, 0.717) is 5.75 Å². The molecular weight excluding hydrogens is 201 g/mol. The van der Waals surface area contributed by atoms with Crippen molar-refractivity contribution in [3.63, 3.8) is 0 Å². The van der Waals surface area contributed by atoms with Crippen molar-refractivity contribution in [3.05, 3.63) is 30.3 Å². The molecule has 1 aromatic rings. The van der Waals surface area contributed by atoms with Crippen LogP contribution in [0.2, 0.25) is 0 Å². The molecule has 4 nitrogen and oxygen atoms in total. The van der Waals surface area contributed by atoms with Crippen LogP contribution in [0, 0.1) is 0 Å².